The Labute approximate surface area is 145 Å². The number of nitrogens with zero attached hydrogens (tertiary/aromatic N) is 2. The highest BCUT2D eigenvalue weighted by atomic mass is 35.5. The minimum absolute atomic E-state index is 0.120. The lowest BCUT2D eigenvalue weighted by Gasteiger charge is -2.14. The van der Waals surface area contributed by atoms with Gasteiger partial charge in [0, 0.05) is 10.7 Å². The molecule has 0 unspecified atom stereocenters. The van der Waals surface area contributed by atoms with Crippen LogP contribution in [0.25, 0.3) is 16.8 Å². The summed E-state index contributed by atoms with van der Waals surface area (Å²) in [5.74, 6) is 0. The van der Waals surface area contributed by atoms with E-state index in [1.807, 2.05) is 0 Å². The first kappa shape index (κ1) is 17.0. The summed E-state index contributed by atoms with van der Waals surface area (Å²) >= 11 is 5.77. The van der Waals surface area contributed by atoms with Crippen molar-refractivity contribution in [1.82, 2.24) is 4.57 Å². The normalized spacial score (nSPS) is 11.5. The molecular weight excluding hydrogens is 357 g/mol. The van der Waals surface area contributed by atoms with Crippen LogP contribution in [-0.4, -0.2) is 9.49 Å². The van der Waals surface area contributed by atoms with Crippen molar-refractivity contribution in [2.24, 2.45) is 0 Å². The molecule has 0 radical (unpaired) electrons. The molecule has 0 saturated carbocycles. The third-order valence-electron chi connectivity index (χ3n) is 3.62. The van der Waals surface area contributed by atoms with Crippen molar-refractivity contribution in [1.29, 1.82) is 0 Å². The molecule has 8 heteroatoms. The van der Waals surface area contributed by atoms with Crippen LogP contribution in [-0.2, 0) is 6.18 Å². The standard InChI is InChI=1S/C17H10ClF3N2O2/c18-12-6-8-13(9-7-12)22-10-14(23(24)25)15(16(22)17(19,20)21)11-4-2-1-3-5-11/h1-10H. The molecule has 0 atom stereocenters. The second-order valence-corrected chi connectivity index (χ2v) is 5.64. The van der Waals surface area contributed by atoms with Gasteiger partial charge in [-0.15, -0.1) is 0 Å². The first-order valence-corrected chi connectivity index (χ1v) is 7.45. The quantitative estimate of drug-likeness (QED) is 0.439. The van der Waals surface area contributed by atoms with Crippen molar-refractivity contribution >= 4 is 17.3 Å². The number of alkyl halides is 3. The van der Waals surface area contributed by atoms with Crippen LogP contribution in [0.1, 0.15) is 5.69 Å². The molecular formula is C17H10ClF3N2O2. The molecule has 2 aromatic carbocycles. The predicted molar refractivity (Wildman–Crippen MR) is 87.9 cm³/mol. The van der Waals surface area contributed by atoms with Crippen molar-refractivity contribution < 1.29 is 18.1 Å². The Balaban J connectivity index is 2.37. The molecule has 0 aliphatic carbocycles. The van der Waals surface area contributed by atoms with E-state index in [1.165, 1.54) is 48.5 Å². The number of halogens is 4. The molecule has 0 bridgehead atoms. The zero-order valence-electron chi connectivity index (χ0n) is 12.5. The van der Waals surface area contributed by atoms with Crippen LogP contribution in [0, 0.1) is 10.1 Å². The fraction of sp³-hybridized carbons (Fsp3) is 0.0588. The highest BCUT2D eigenvalue weighted by molar-refractivity contribution is 6.30. The van der Waals surface area contributed by atoms with E-state index in [9.17, 15) is 23.3 Å². The van der Waals surface area contributed by atoms with E-state index in [-0.39, 0.29) is 11.3 Å². The van der Waals surface area contributed by atoms with Gasteiger partial charge in [0.2, 0.25) is 0 Å². The van der Waals surface area contributed by atoms with Gasteiger partial charge in [0.05, 0.1) is 16.7 Å². The minimum Gasteiger partial charge on any atom is -0.305 e. The molecule has 25 heavy (non-hydrogen) atoms. The number of hydrogen-bond donors (Lipinski definition) is 0. The lowest BCUT2D eigenvalue weighted by atomic mass is 10.0. The average molecular weight is 367 g/mol. The largest absolute Gasteiger partial charge is 0.432 e. The first-order valence-electron chi connectivity index (χ1n) is 7.07. The van der Waals surface area contributed by atoms with E-state index in [0.29, 0.717) is 5.02 Å². The summed E-state index contributed by atoms with van der Waals surface area (Å²) in [6.07, 6.45) is -3.91. The van der Waals surface area contributed by atoms with Crippen LogP contribution >= 0.6 is 11.6 Å². The highest BCUT2D eigenvalue weighted by Crippen LogP contribution is 2.44. The number of hydrogen-bond acceptors (Lipinski definition) is 2. The van der Waals surface area contributed by atoms with Crippen LogP contribution in [0.15, 0.2) is 60.8 Å². The van der Waals surface area contributed by atoms with Gasteiger partial charge in [0.25, 0.3) is 5.69 Å². The second kappa shape index (κ2) is 6.25. The molecule has 0 saturated heterocycles. The fourth-order valence-electron chi connectivity index (χ4n) is 2.60. The first-order chi connectivity index (χ1) is 11.8. The van der Waals surface area contributed by atoms with Crippen molar-refractivity contribution in [3.8, 4) is 16.8 Å². The molecule has 3 rings (SSSR count). The summed E-state index contributed by atoms with van der Waals surface area (Å²) in [5, 5.41) is 11.7. The molecule has 0 fully saturated rings. The molecule has 0 N–H and O–H groups in total. The Morgan fingerprint density at radius 2 is 1.60 bits per heavy atom. The predicted octanol–water partition coefficient (Wildman–Crippen LogP) is 5.72. The average Bonchev–Trinajstić information content (AvgIpc) is 2.97. The van der Waals surface area contributed by atoms with Crippen molar-refractivity contribution in [3.63, 3.8) is 0 Å². The topological polar surface area (TPSA) is 48.1 Å². The number of benzene rings is 2. The Bertz CT molecular complexity index is 920. The second-order valence-electron chi connectivity index (χ2n) is 5.21. The Morgan fingerprint density at radius 3 is 2.12 bits per heavy atom. The minimum atomic E-state index is -4.79. The molecule has 0 aliphatic rings. The van der Waals surface area contributed by atoms with E-state index in [2.05, 4.69) is 0 Å². The SMILES string of the molecule is O=[N+]([O-])c1cn(-c2ccc(Cl)cc2)c(C(F)(F)F)c1-c1ccccc1. The highest BCUT2D eigenvalue weighted by Gasteiger charge is 2.42. The fourth-order valence-corrected chi connectivity index (χ4v) is 2.73. The maximum atomic E-state index is 13.8. The molecule has 3 aromatic rings. The van der Waals surface area contributed by atoms with Crippen molar-refractivity contribution in [2.75, 3.05) is 0 Å². The van der Waals surface area contributed by atoms with E-state index in [4.69, 9.17) is 11.6 Å². The van der Waals surface area contributed by atoms with Crippen LogP contribution < -0.4 is 0 Å². The van der Waals surface area contributed by atoms with Gasteiger partial charge in [-0.05, 0) is 29.8 Å². The summed E-state index contributed by atoms with van der Waals surface area (Å²) in [6, 6.07) is 13.1. The summed E-state index contributed by atoms with van der Waals surface area (Å²) in [7, 11) is 0. The van der Waals surface area contributed by atoms with E-state index >= 15 is 0 Å². The summed E-state index contributed by atoms with van der Waals surface area (Å²) in [6.45, 7) is 0. The Hall–Kier alpha value is -2.80. The lowest BCUT2D eigenvalue weighted by Crippen LogP contribution is -2.13. The van der Waals surface area contributed by atoms with Gasteiger partial charge in [-0.2, -0.15) is 13.2 Å². The molecule has 0 amide bonds. The van der Waals surface area contributed by atoms with Crippen LogP contribution in [0.5, 0.6) is 0 Å². The number of aromatic nitrogens is 1. The maximum Gasteiger partial charge on any atom is 0.432 e. The summed E-state index contributed by atoms with van der Waals surface area (Å²) < 4.78 is 42.1. The molecule has 4 nitrogen and oxygen atoms in total. The third-order valence-corrected chi connectivity index (χ3v) is 3.87. The monoisotopic (exact) mass is 366 g/mol. The Kier molecular flexibility index (Phi) is 4.26. The van der Waals surface area contributed by atoms with Gasteiger partial charge < -0.3 is 4.57 Å². The van der Waals surface area contributed by atoms with Gasteiger partial charge in [-0.1, -0.05) is 41.9 Å². The molecule has 1 aromatic heterocycles. The zero-order chi connectivity index (χ0) is 18.2. The van der Waals surface area contributed by atoms with Crippen molar-refractivity contribution in [2.45, 2.75) is 6.18 Å². The van der Waals surface area contributed by atoms with Gasteiger partial charge in [0.1, 0.15) is 5.69 Å². The number of nitro groups is 1. The smallest absolute Gasteiger partial charge is 0.305 e. The number of rotatable bonds is 3. The van der Waals surface area contributed by atoms with Crippen LogP contribution in [0.4, 0.5) is 18.9 Å². The molecule has 128 valence electrons. The molecule has 1 heterocycles. The zero-order valence-corrected chi connectivity index (χ0v) is 13.3. The summed E-state index contributed by atoms with van der Waals surface area (Å²) in [4.78, 5) is 10.6. The Morgan fingerprint density at radius 1 is 1.00 bits per heavy atom. The maximum absolute atomic E-state index is 13.8. The van der Waals surface area contributed by atoms with Gasteiger partial charge in [-0.25, -0.2) is 0 Å². The van der Waals surface area contributed by atoms with E-state index in [0.717, 1.165) is 10.8 Å². The van der Waals surface area contributed by atoms with E-state index < -0.39 is 28.0 Å². The van der Waals surface area contributed by atoms with Gasteiger partial charge in [-0.3, -0.25) is 10.1 Å². The lowest BCUT2D eigenvalue weighted by molar-refractivity contribution is -0.384. The van der Waals surface area contributed by atoms with Crippen molar-refractivity contribution in [3.05, 3.63) is 81.6 Å². The van der Waals surface area contributed by atoms with Gasteiger partial charge in [0.15, 0.2) is 0 Å². The third kappa shape index (κ3) is 3.23. The van der Waals surface area contributed by atoms with Crippen LogP contribution in [0.2, 0.25) is 5.02 Å². The molecule has 0 aliphatic heterocycles. The van der Waals surface area contributed by atoms with Crippen LogP contribution in [0.3, 0.4) is 0 Å². The van der Waals surface area contributed by atoms with E-state index in [1.54, 1.807) is 6.07 Å². The van der Waals surface area contributed by atoms with Gasteiger partial charge >= 0.3 is 6.18 Å². The summed E-state index contributed by atoms with van der Waals surface area (Å²) in [5.41, 5.74) is -1.94. The molecule has 0 spiro atoms.